The van der Waals surface area contributed by atoms with Crippen LogP contribution in [-0.4, -0.2) is 43.5 Å². The molecule has 0 aromatic heterocycles. The van der Waals surface area contributed by atoms with Crippen LogP contribution in [0.5, 0.6) is 0 Å². The highest BCUT2D eigenvalue weighted by Crippen LogP contribution is 2.47. The highest BCUT2D eigenvalue weighted by Gasteiger charge is 2.47. The smallest absolute Gasteiger partial charge is 0.237 e. The first kappa shape index (κ1) is 13.2. The Morgan fingerprint density at radius 1 is 1.41 bits per heavy atom. The van der Waals surface area contributed by atoms with E-state index in [0.717, 1.165) is 19.7 Å². The summed E-state index contributed by atoms with van der Waals surface area (Å²) in [6.07, 6.45) is 6.41. The Labute approximate surface area is 108 Å². The van der Waals surface area contributed by atoms with Crippen LogP contribution in [0.15, 0.2) is 0 Å². The van der Waals surface area contributed by atoms with Gasteiger partial charge in [-0.15, -0.1) is 11.6 Å². The average Bonchev–Trinajstić information content (AvgIpc) is 2.69. The molecule has 1 amide bonds. The number of hydrogen-bond donors (Lipinski definition) is 0. The molecule has 0 aromatic carbocycles. The number of likely N-dealkylation sites (tertiary alicyclic amines) is 1. The molecule has 1 saturated carbocycles. The van der Waals surface area contributed by atoms with E-state index in [2.05, 4.69) is 0 Å². The third kappa shape index (κ3) is 2.60. The maximum atomic E-state index is 11.7. The van der Waals surface area contributed by atoms with Crippen LogP contribution in [0.2, 0.25) is 0 Å². The van der Waals surface area contributed by atoms with Crippen LogP contribution >= 0.6 is 11.6 Å². The summed E-state index contributed by atoms with van der Waals surface area (Å²) in [6.45, 7) is 2.50. The second-order valence-corrected chi connectivity index (χ2v) is 5.75. The summed E-state index contributed by atoms with van der Waals surface area (Å²) in [5.74, 6) is 0.686. The summed E-state index contributed by atoms with van der Waals surface area (Å²) in [7, 11) is 1.75. The fourth-order valence-corrected chi connectivity index (χ4v) is 3.73. The SMILES string of the molecule is COC[C@@H]1CN(C(=O)CCl)CC12CCCCC2. The Hall–Kier alpha value is -0.280. The third-order valence-electron chi connectivity index (χ3n) is 4.50. The van der Waals surface area contributed by atoms with Crippen LogP contribution in [-0.2, 0) is 9.53 Å². The Bertz CT molecular complexity index is 277. The molecule has 2 rings (SSSR count). The van der Waals surface area contributed by atoms with Gasteiger partial charge in [-0.3, -0.25) is 4.79 Å². The molecule has 98 valence electrons. The van der Waals surface area contributed by atoms with Crippen LogP contribution in [0.4, 0.5) is 0 Å². The summed E-state index contributed by atoms with van der Waals surface area (Å²) in [5.41, 5.74) is 0.315. The lowest BCUT2D eigenvalue weighted by Gasteiger charge is -2.37. The minimum absolute atomic E-state index is 0.0789. The van der Waals surface area contributed by atoms with E-state index in [-0.39, 0.29) is 11.8 Å². The number of nitrogens with zero attached hydrogens (tertiary/aromatic N) is 1. The van der Waals surface area contributed by atoms with E-state index < -0.39 is 0 Å². The number of methoxy groups -OCH3 is 1. The molecule has 1 atom stereocenters. The van der Waals surface area contributed by atoms with Crippen LogP contribution in [0, 0.1) is 11.3 Å². The van der Waals surface area contributed by atoms with E-state index in [1.807, 2.05) is 4.90 Å². The number of halogens is 1. The average molecular weight is 260 g/mol. The topological polar surface area (TPSA) is 29.5 Å². The first-order valence-corrected chi connectivity index (χ1v) is 7.08. The molecule has 1 heterocycles. The van der Waals surface area contributed by atoms with Crippen molar-refractivity contribution in [3.8, 4) is 0 Å². The molecule has 1 spiro atoms. The second-order valence-electron chi connectivity index (χ2n) is 5.48. The van der Waals surface area contributed by atoms with Gasteiger partial charge in [0.1, 0.15) is 5.88 Å². The molecule has 0 N–H and O–H groups in total. The maximum Gasteiger partial charge on any atom is 0.237 e. The number of alkyl halides is 1. The van der Waals surface area contributed by atoms with Crippen molar-refractivity contribution in [2.45, 2.75) is 32.1 Å². The zero-order valence-electron chi connectivity index (χ0n) is 10.6. The first-order valence-electron chi connectivity index (χ1n) is 6.54. The van der Waals surface area contributed by atoms with E-state index in [9.17, 15) is 4.79 Å². The van der Waals surface area contributed by atoms with Crippen LogP contribution in [0.25, 0.3) is 0 Å². The highest BCUT2D eigenvalue weighted by molar-refractivity contribution is 6.27. The van der Waals surface area contributed by atoms with E-state index in [0.29, 0.717) is 11.3 Å². The zero-order valence-corrected chi connectivity index (χ0v) is 11.3. The Balaban J connectivity index is 2.09. The summed E-state index contributed by atoms with van der Waals surface area (Å²) in [5, 5.41) is 0. The molecular formula is C13H22ClNO2. The number of ether oxygens (including phenoxy) is 1. The second kappa shape index (κ2) is 5.57. The van der Waals surface area contributed by atoms with Gasteiger partial charge in [-0.2, -0.15) is 0 Å². The van der Waals surface area contributed by atoms with Gasteiger partial charge < -0.3 is 9.64 Å². The monoisotopic (exact) mass is 259 g/mol. The van der Waals surface area contributed by atoms with Gasteiger partial charge in [0.15, 0.2) is 0 Å². The molecule has 2 aliphatic rings. The summed E-state index contributed by atoms with van der Waals surface area (Å²) in [6, 6.07) is 0. The van der Waals surface area contributed by atoms with Gasteiger partial charge in [0, 0.05) is 26.1 Å². The highest BCUT2D eigenvalue weighted by atomic mass is 35.5. The van der Waals surface area contributed by atoms with E-state index in [4.69, 9.17) is 16.3 Å². The lowest BCUT2D eigenvalue weighted by atomic mass is 9.68. The number of carbonyl (C=O) groups excluding carboxylic acids is 1. The fraction of sp³-hybridized carbons (Fsp3) is 0.923. The van der Waals surface area contributed by atoms with Gasteiger partial charge >= 0.3 is 0 Å². The molecule has 4 heteroatoms. The molecule has 17 heavy (non-hydrogen) atoms. The van der Waals surface area contributed by atoms with E-state index >= 15 is 0 Å². The number of rotatable bonds is 3. The van der Waals surface area contributed by atoms with Crippen molar-refractivity contribution in [3.63, 3.8) is 0 Å². The van der Waals surface area contributed by atoms with Crippen molar-refractivity contribution in [1.82, 2.24) is 4.90 Å². The van der Waals surface area contributed by atoms with Gasteiger partial charge in [-0.1, -0.05) is 19.3 Å². The molecule has 2 fully saturated rings. The van der Waals surface area contributed by atoms with Gasteiger partial charge in [-0.05, 0) is 18.3 Å². The summed E-state index contributed by atoms with van der Waals surface area (Å²) < 4.78 is 5.34. The van der Waals surface area contributed by atoms with Gasteiger partial charge in [0.2, 0.25) is 5.91 Å². The normalized spacial score (nSPS) is 27.6. The van der Waals surface area contributed by atoms with Gasteiger partial charge in [0.05, 0.1) is 6.61 Å². The molecule has 3 nitrogen and oxygen atoms in total. The Morgan fingerprint density at radius 3 is 2.71 bits per heavy atom. The first-order chi connectivity index (χ1) is 8.22. The lowest BCUT2D eigenvalue weighted by molar-refractivity contribution is -0.128. The van der Waals surface area contributed by atoms with E-state index in [1.54, 1.807) is 7.11 Å². The van der Waals surface area contributed by atoms with Crippen LogP contribution in [0.1, 0.15) is 32.1 Å². The standard InChI is InChI=1S/C13H22ClNO2/c1-17-9-11-8-15(12(16)7-14)10-13(11)5-3-2-4-6-13/h11H,2-10H2,1H3/t11-/m0/s1. The zero-order chi connectivity index (χ0) is 12.3. The summed E-state index contributed by atoms with van der Waals surface area (Å²) in [4.78, 5) is 13.7. The van der Waals surface area contributed by atoms with Gasteiger partial charge in [0.25, 0.3) is 0 Å². The fourth-order valence-electron chi connectivity index (χ4n) is 3.56. The minimum atomic E-state index is 0.0789. The van der Waals surface area contributed by atoms with Crippen molar-refractivity contribution in [2.24, 2.45) is 11.3 Å². The molecule has 0 radical (unpaired) electrons. The predicted octanol–water partition coefficient (Wildman–Crippen LogP) is 2.28. The molecule has 1 aliphatic carbocycles. The van der Waals surface area contributed by atoms with Crippen molar-refractivity contribution in [1.29, 1.82) is 0 Å². The Morgan fingerprint density at radius 2 is 2.12 bits per heavy atom. The van der Waals surface area contributed by atoms with Crippen LogP contribution < -0.4 is 0 Å². The quantitative estimate of drug-likeness (QED) is 0.728. The number of carbonyl (C=O) groups is 1. The third-order valence-corrected chi connectivity index (χ3v) is 4.73. The molecule has 1 saturated heterocycles. The van der Waals surface area contributed by atoms with E-state index in [1.165, 1.54) is 32.1 Å². The van der Waals surface area contributed by atoms with Gasteiger partial charge in [-0.25, -0.2) is 0 Å². The number of amides is 1. The maximum absolute atomic E-state index is 11.7. The molecule has 1 aliphatic heterocycles. The Kier molecular flexibility index (Phi) is 4.31. The lowest BCUT2D eigenvalue weighted by Crippen LogP contribution is -2.35. The largest absolute Gasteiger partial charge is 0.384 e. The van der Waals surface area contributed by atoms with Crippen molar-refractivity contribution < 1.29 is 9.53 Å². The van der Waals surface area contributed by atoms with Crippen LogP contribution in [0.3, 0.4) is 0 Å². The molecule has 0 aromatic rings. The molecule has 0 unspecified atom stereocenters. The predicted molar refractivity (Wildman–Crippen MR) is 68.2 cm³/mol. The van der Waals surface area contributed by atoms with Crippen molar-refractivity contribution in [2.75, 3.05) is 32.7 Å². The molecular weight excluding hydrogens is 238 g/mol. The van der Waals surface area contributed by atoms with Crippen molar-refractivity contribution in [3.05, 3.63) is 0 Å². The van der Waals surface area contributed by atoms with Crippen molar-refractivity contribution >= 4 is 17.5 Å². The molecule has 0 bridgehead atoms. The number of hydrogen-bond acceptors (Lipinski definition) is 2. The minimum Gasteiger partial charge on any atom is -0.384 e. The summed E-state index contributed by atoms with van der Waals surface area (Å²) >= 11 is 5.66.